The van der Waals surface area contributed by atoms with Crippen molar-refractivity contribution >= 4 is 50.3 Å². The van der Waals surface area contributed by atoms with Crippen LogP contribution in [0.2, 0.25) is 10.0 Å². The number of nitrogens with one attached hydrogen (secondary N) is 2. The van der Waals surface area contributed by atoms with Crippen LogP contribution < -0.4 is 10.0 Å². The van der Waals surface area contributed by atoms with Gasteiger partial charge in [0.2, 0.25) is 0 Å². The Labute approximate surface area is 206 Å². The SMILES string of the molecule is O=[N+]([O-])c1cccc(NS(=O)(=O)c2ccc3c(c2)[C@H]2C=CC[C@H]2[C@@H](c2ccc(Cl)c(Cl)c2)N3)c1. The van der Waals surface area contributed by atoms with Crippen molar-refractivity contribution < 1.29 is 13.3 Å². The molecule has 10 heteroatoms. The van der Waals surface area contributed by atoms with Crippen molar-refractivity contribution in [1.29, 1.82) is 0 Å². The highest BCUT2D eigenvalue weighted by atomic mass is 35.5. The molecule has 7 nitrogen and oxygen atoms in total. The fourth-order valence-electron chi connectivity index (χ4n) is 4.67. The number of fused-ring (bicyclic) bond motifs is 3. The average molecular weight is 516 g/mol. The van der Waals surface area contributed by atoms with Crippen LogP contribution in [0, 0.1) is 16.0 Å². The number of anilines is 2. The highest BCUT2D eigenvalue weighted by Gasteiger charge is 2.38. The molecule has 3 aromatic carbocycles. The molecule has 0 aromatic heterocycles. The number of hydrogen-bond donors (Lipinski definition) is 2. The zero-order valence-electron chi connectivity index (χ0n) is 17.6. The number of rotatable bonds is 5. The number of benzene rings is 3. The van der Waals surface area contributed by atoms with E-state index in [1.165, 1.54) is 30.3 Å². The summed E-state index contributed by atoms with van der Waals surface area (Å²) in [5.74, 6) is 0.219. The Balaban J connectivity index is 1.47. The van der Waals surface area contributed by atoms with Crippen LogP contribution in [0.4, 0.5) is 17.1 Å². The highest BCUT2D eigenvalue weighted by molar-refractivity contribution is 7.92. The Morgan fingerprint density at radius 2 is 1.85 bits per heavy atom. The molecule has 2 N–H and O–H groups in total. The van der Waals surface area contributed by atoms with Crippen LogP contribution in [0.15, 0.2) is 77.7 Å². The van der Waals surface area contributed by atoms with Crippen LogP contribution in [0.25, 0.3) is 0 Å². The van der Waals surface area contributed by atoms with Gasteiger partial charge in [-0.3, -0.25) is 14.8 Å². The number of nitro benzene ring substituents is 1. The first-order chi connectivity index (χ1) is 16.2. The third-order valence-corrected chi connectivity index (χ3v) is 8.37. The second-order valence-electron chi connectivity index (χ2n) is 8.31. The minimum absolute atomic E-state index is 0.00674. The van der Waals surface area contributed by atoms with Gasteiger partial charge in [0.25, 0.3) is 15.7 Å². The molecule has 0 fully saturated rings. The first kappa shape index (κ1) is 22.7. The normalized spacial score (nSPS) is 20.8. The molecule has 3 aromatic rings. The second kappa shape index (κ2) is 8.61. The van der Waals surface area contributed by atoms with Crippen molar-refractivity contribution in [1.82, 2.24) is 0 Å². The maximum Gasteiger partial charge on any atom is 0.271 e. The molecular weight excluding hydrogens is 497 g/mol. The lowest BCUT2D eigenvalue weighted by Crippen LogP contribution is -2.29. The van der Waals surface area contributed by atoms with Gasteiger partial charge in [0, 0.05) is 23.7 Å². The summed E-state index contributed by atoms with van der Waals surface area (Å²) in [6.45, 7) is 0. The molecule has 1 aliphatic heterocycles. The molecule has 0 amide bonds. The van der Waals surface area contributed by atoms with E-state index in [1.807, 2.05) is 12.1 Å². The molecule has 0 saturated carbocycles. The van der Waals surface area contributed by atoms with Crippen LogP contribution in [-0.4, -0.2) is 13.3 Å². The largest absolute Gasteiger partial charge is 0.378 e. The lowest BCUT2D eigenvalue weighted by Gasteiger charge is -2.37. The topological polar surface area (TPSA) is 101 Å². The van der Waals surface area contributed by atoms with Gasteiger partial charge >= 0.3 is 0 Å². The van der Waals surface area contributed by atoms with Crippen molar-refractivity contribution in [2.75, 3.05) is 10.0 Å². The summed E-state index contributed by atoms with van der Waals surface area (Å²) in [6, 6.07) is 15.9. The van der Waals surface area contributed by atoms with Gasteiger partial charge in [-0.15, -0.1) is 0 Å². The number of non-ortho nitro benzene ring substituents is 1. The smallest absolute Gasteiger partial charge is 0.271 e. The Kier molecular flexibility index (Phi) is 5.75. The third-order valence-electron chi connectivity index (χ3n) is 6.26. The van der Waals surface area contributed by atoms with E-state index in [9.17, 15) is 18.5 Å². The van der Waals surface area contributed by atoms with Gasteiger partial charge in [-0.1, -0.05) is 47.5 Å². The summed E-state index contributed by atoms with van der Waals surface area (Å²) in [7, 11) is -3.95. The van der Waals surface area contributed by atoms with Gasteiger partial charge in [0.05, 0.1) is 31.6 Å². The van der Waals surface area contributed by atoms with Crippen LogP contribution >= 0.6 is 23.2 Å². The molecule has 174 valence electrons. The summed E-state index contributed by atoms with van der Waals surface area (Å²) in [5, 5.41) is 15.6. The van der Waals surface area contributed by atoms with Gasteiger partial charge in [0.15, 0.2) is 0 Å². The Bertz CT molecular complexity index is 1440. The van der Waals surface area contributed by atoms with E-state index in [0.29, 0.717) is 10.0 Å². The van der Waals surface area contributed by atoms with E-state index in [1.54, 1.807) is 18.2 Å². The van der Waals surface area contributed by atoms with Gasteiger partial charge in [-0.05, 0) is 59.9 Å². The molecule has 34 heavy (non-hydrogen) atoms. The maximum absolute atomic E-state index is 13.1. The van der Waals surface area contributed by atoms with Gasteiger partial charge in [0.1, 0.15) is 0 Å². The number of nitrogens with zero attached hydrogens (tertiary/aromatic N) is 1. The fourth-order valence-corrected chi connectivity index (χ4v) is 6.06. The summed E-state index contributed by atoms with van der Waals surface area (Å²) < 4.78 is 28.6. The summed E-state index contributed by atoms with van der Waals surface area (Å²) in [5.41, 5.74) is 2.68. The highest BCUT2D eigenvalue weighted by Crippen LogP contribution is 2.50. The Morgan fingerprint density at radius 1 is 1.03 bits per heavy atom. The van der Waals surface area contributed by atoms with Crippen LogP contribution in [0.3, 0.4) is 0 Å². The molecule has 1 aliphatic carbocycles. The molecule has 0 saturated heterocycles. The van der Waals surface area contributed by atoms with Crippen LogP contribution in [0.5, 0.6) is 0 Å². The van der Waals surface area contributed by atoms with E-state index in [-0.39, 0.29) is 34.1 Å². The van der Waals surface area contributed by atoms with Gasteiger partial charge in [-0.2, -0.15) is 0 Å². The van der Waals surface area contributed by atoms with E-state index < -0.39 is 14.9 Å². The number of sulfonamides is 1. The summed E-state index contributed by atoms with van der Waals surface area (Å²) in [4.78, 5) is 10.5. The van der Waals surface area contributed by atoms with E-state index in [2.05, 4.69) is 22.2 Å². The molecule has 1 heterocycles. The maximum atomic E-state index is 13.1. The zero-order valence-corrected chi connectivity index (χ0v) is 19.9. The van der Waals surface area contributed by atoms with E-state index in [0.717, 1.165) is 23.2 Å². The molecule has 0 unspecified atom stereocenters. The van der Waals surface area contributed by atoms with Crippen molar-refractivity contribution in [3.8, 4) is 0 Å². The molecular formula is C24H19Cl2N3O4S. The zero-order chi connectivity index (χ0) is 24.0. The van der Waals surface area contributed by atoms with Crippen molar-refractivity contribution in [3.05, 3.63) is 104 Å². The Hall–Kier alpha value is -3.07. The summed E-state index contributed by atoms with van der Waals surface area (Å²) >= 11 is 12.3. The van der Waals surface area contributed by atoms with Crippen molar-refractivity contribution in [2.45, 2.75) is 23.3 Å². The van der Waals surface area contributed by atoms with E-state index >= 15 is 0 Å². The standard InChI is InChI=1S/C24H19Cl2N3O4S/c25-21-9-7-14(11-22(21)26)24-19-6-2-5-18(19)20-13-17(8-10-23(20)27-24)34(32,33)28-15-3-1-4-16(12-15)29(30)31/h1-5,7-13,18-19,24,27-28H,6H2/t18-,19+,24+/m0/s1. The minimum Gasteiger partial charge on any atom is -0.378 e. The monoisotopic (exact) mass is 515 g/mol. The molecule has 2 aliphatic rings. The van der Waals surface area contributed by atoms with Crippen LogP contribution in [0.1, 0.15) is 29.5 Å². The number of allylic oxidation sites excluding steroid dienone is 2. The third kappa shape index (κ3) is 4.13. The predicted octanol–water partition coefficient (Wildman–Crippen LogP) is 6.53. The first-order valence-corrected chi connectivity index (χ1v) is 12.8. The lowest BCUT2D eigenvalue weighted by atomic mass is 9.77. The van der Waals surface area contributed by atoms with Crippen molar-refractivity contribution in [3.63, 3.8) is 0 Å². The molecule has 0 radical (unpaired) electrons. The average Bonchev–Trinajstić information content (AvgIpc) is 3.30. The molecule has 3 atom stereocenters. The van der Waals surface area contributed by atoms with Gasteiger partial charge < -0.3 is 5.32 Å². The first-order valence-electron chi connectivity index (χ1n) is 10.5. The Morgan fingerprint density at radius 3 is 2.62 bits per heavy atom. The molecule has 0 spiro atoms. The quantitative estimate of drug-likeness (QED) is 0.228. The molecule has 0 bridgehead atoms. The fraction of sp³-hybridized carbons (Fsp3) is 0.167. The predicted molar refractivity (Wildman–Crippen MR) is 133 cm³/mol. The summed E-state index contributed by atoms with van der Waals surface area (Å²) in [6.07, 6.45) is 5.06. The number of hydrogen-bond acceptors (Lipinski definition) is 5. The minimum atomic E-state index is -3.95. The molecule has 5 rings (SSSR count). The van der Waals surface area contributed by atoms with Crippen LogP contribution in [-0.2, 0) is 10.0 Å². The number of halogens is 2. The van der Waals surface area contributed by atoms with Gasteiger partial charge in [-0.25, -0.2) is 8.42 Å². The second-order valence-corrected chi connectivity index (χ2v) is 10.8. The van der Waals surface area contributed by atoms with Crippen molar-refractivity contribution in [2.24, 2.45) is 5.92 Å². The van der Waals surface area contributed by atoms with E-state index in [4.69, 9.17) is 23.2 Å². The number of nitro groups is 1. The lowest BCUT2D eigenvalue weighted by molar-refractivity contribution is -0.384.